The van der Waals surface area contributed by atoms with E-state index in [1.807, 2.05) is 20.8 Å². The Hall–Kier alpha value is -0.820. The Morgan fingerprint density at radius 2 is 1.78 bits per heavy atom. The third kappa shape index (κ3) is 13.3. The van der Waals surface area contributed by atoms with Crippen LogP contribution in [0.4, 0.5) is 0 Å². The molecule has 0 radical (unpaired) electrons. The highest BCUT2D eigenvalue weighted by Gasteiger charge is 2.22. The van der Waals surface area contributed by atoms with E-state index in [0.29, 0.717) is 12.6 Å². The fraction of sp³-hybridized carbons (Fsp3) is 0.938. The summed E-state index contributed by atoms with van der Waals surface area (Å²) in [6.45, 7) is 13.4. The van der Waals surface area contributed by atoms with Crippen LogP contribution in [0, 0.1) is 5.92 Å². The summed E-state index contributed by atoms with van der Waals surface area (Å²) in [7, 11) is -3.25. The fourth-order valence-corrected chi connectivity index (χ4v) is 3.34. The first-order valence-electron chi connectivity index (χ1n) is 8.49. The minimum absolute atomic E-state index is 0.331. The van der Waals surface area contributed by atoms with Crippen molar-refractivity contribution in [3.05, 3.63) is 0 Å². The van der Waals surface area contributed by atoms with Gasteiger partial charge < -0.3 is 10.6 Å². The molecule has 6 nitrogen and oxygen atoms in total. The molecule has 23 heavy (non-hydrogen) atoms. The Bertz CT molecular complexity index is 459. The Kier molecular flexibility index (Phi) is 9.77. The van der Waals surface area contributed by atoms with Crippen LogP contribution in [0.25, 0.3) is 0 Å². The summed E-state index contributed by atoms with van der Waals surface area (Å²) in [6, 6.07) is 0.331. The van der Waals surface area contributed by atoms with Crippen molar-refractivity contribution >= 4 is 16.0 Å². The molecule has 0 aliphatic heterocycles. The second kappa shape index (κ2) is 10.1. The van der Waals surface area contributed by atoms with Gasteiger partial charge >= 0.3 is 0 Å². The lowest BCUT2D eigenvalue weighted by Gasteiger charge is -2.24. The maximum Gasteiger partial charge on any atom is 0.209 e. The highest BCUT2D eigenvalue weighted by molar-refractivity contribution is 7.88. The highest BCUT2D eigenvalue weighted by Crippen LogP contribution is 2.08. The van der Waals surface area contributed by atoms with Crippen LogP contribution in [0.5, 0.6) is 0 Å². The summed E-state index contributed by atoms with van der Waals surface area (Å²) < 4.78 is 25.4. The predicted molar refractivity (Wildman–Crippen MR) is 99.3 cm³/mol. The van der Waals surface area contributed by atoms with Gasteiger partial charge in [-0.2, -0.15) is 0 Å². The van der Waals surface area contributed by atoms with Crippen molar-refractivity contribution in [2.75, 3.05) is 19.3 Å². The highest BCUT2D eigenvalue weighted by atomic mass is 32.2. The van der Waals surface area contributed by atoms with E-state index in [2.05, 4.69) is 41.1 Å². The molecule has 7 heteroatoms. The van der Waals surface area contributed by atoms with Crippen molar-refractivity contribution < 1.29 is 8.42 Å². The molecule has 1 unspecified atom stereocenters. The molecule has 0 aromatic heterocycles. The molecule has 0 rings (SSSR count). The molecule has 3 N–H and O–H groups in total. The predicted octanol–water partition coefficient (Wildman–Crippen LogP) is 2.08. The first kappa shape index (κ1) is 22.2. The van der Waals surface area contributed by atoms with Gasteiger partial charge in [0.05, 0.1) is 12.8 Å². The summed E-state index contributed by atoms with van der Waals surface area (Å²) in [5.41, 5.74) is -0.614. The largest absolute Gasteiger partial charge is 0.357 e. The van der Waals surface area contributed by atoms with Crippen molar-refractivity contribution in [3.8, 4) is 0 Å². The number of rotatable bonds is 10. The number of hydrogen-bond acceptors (Lipinski definition) is 3. The molecule has 0 aromatic carbocycles. The van der Waals surface area contributed by atoms with Gasteiger partial charge in [-0.25, -0.2) is 13.1 Å². The van der Waals surface area contributed by atoms with Crippen LogP contribution in [-0.4, -0.2) is 45.3 Å². The molecule has 0 fully saturated rings. The lowest BCUT2D eigenvalue weighted by Crippen LogP contribution is -2.47. The second-order valence-corrected chi connectivity index (χ2v) is 9.07. The van der Waals surface area contributed by atoms with Crippen LogP contribution >= 0.6 is 0 Å². The van der Waals surface area contributed by atoms with Crippen LogP contribution in [-0.2, 0) is 10.0 Å². The average Bonchev–Trinajstić information content (AvgIpc) is 2.33. The molecule has 0 heterocycles. The van der Waals surface area contributed by atoms with Crippen molar-refractivity contribution in [2.24, 2.45) is 10.9 Å². The first-order valence-corrected chi connectivity index (χ1v) is 10.4. The molecule has 0 bridgehead atoms. The van der Waals surface area contributed by atoms with Gasteiger partial charge in [-0.05, 0) is 40.0 Å². The molecule has 0 spiro atoms. The van der Waals surface area contributed by atoms with E-state index in [9.17, 15) is 8.42 Å². The molecular formula is C16H36N4O2S. The average molecular weight is 349 g/mol. The normalized spacial score (nSPS) is 14.9. The molecule has 1 atom stereocenters. The van der Waals surface area contributed by atoms with Crippen LogP contribution in [0.15, 0.2) is 4.99 Å². The van der Waals surface area contributed by atoms with Crippen molar-refractivity contribution in [2.45, 2.75) is 72.4 Å². The van der Waals surface area contributed by atoms with E-state index >= 15 is 0 Å². The van der Waals surface area contributed by atoms with Gasteiger partial charge in [0.25, 0.3) is 0 Å². The lowest BCUT2D eigenvalue weighted by molar-refractivity contribution is 0.461. The molecule has 138 valence electrons. The molecule has 0 aliphatic rings. The number of sulfonamides is 1. The minimum atomic E-state index is -3.25. The summed E-state index contributed by atoms with van der Waals surface area (Å²) in [4.78, 5) is 4.52. The number of guanidine groups is 1. The number of aliphatic imine (C=N–C) groups is 1. The standard InChI is InChI=1S/C16H36N4O2S/c1-8-17-15(19-14(4)11-9-10-13(2)3)18-12-16(5,6)20-23(7,21)22/h13-14,20H,8-12H2,1-7H3,(H2,17,18,19). The lowest BCUT2D eigenvalue weighted by atomic mass is 10.0. The van der Waals surface area contributed by atoms with Gasteiger partial charge in [-0.1, -0.05) is 26.7 Å². The molecule has 0 saturated carbocycles. The maximum atomic E-state index is 11.4. The van der Waals surface area contributed by atoms with E-state index in [4.69, 9.17) is 0 Å². The zero-order valence-electron chi connectivity index (χ0n) is 15.9. The van der Waals surface area contributed by atoms with Crippen molar-refractivity contribution in [3.63, 3.8) is 0 Å². The third-order valence-electron chi connectivity index (χ3n) is 3.24. The van der Waals surface area contributed by atoms with Crippen LogP contribution in [0.1, 0.15) is 60.8 Å². The molecule has 0 amide bonds. The SMILES string of the molecule is CCNC(=NCC(C)(C)NS(C)(=O)=O)NC(C)CCCC(C)C. The summed E-state index contributed by atoms with van der Waals surface area (Å²) in [5, 5.41) is 6.60. The number of hydrogen-bond donors (Lipinski definition) is 3. The quantitative estimate of drug-likeness (QED) is 0.417. The molecule has 0 aliphatic carbocycles. The Labute approximate surface area is 143 Å². The topological polar surface area (TPSA) is 82.6 Å². The number of nitrogens with one attached hydrogen (secondary N) is 3. The van der Waals surface area contributed by atoms with Crippen molar-refractivity contribution in [1.82, 2.24) is 15.4 Å². The van der Waals surface area contributed by atoms with Gasteiger partial charge in [0.2, 0.25) is 10.0 Å². The molecule has 0 saturated heterocycles. The van der Waals surface area contributed by atoms with E-state index in [1.165, 1.54) is 19.1 Å². The van der Waals surface area contributed by atoms with Crippen LogP contribution < -0.4 is 15.4 Å². The smallest absolute Gasteiger partial charge is 0.209 e. The molecular weight excluding hydrogens is 312 g/mol. The summed E-state index contributed by atoms with van der Waals surface area (Å²) in [5.74, 6) is 1.46. The van der Waals surface area contributed by atoms with Crippen molar-refractivity contribution in [1.29, 1.82) is 0 Å². The van der Waals surface area contributed by atoms with Crippen LogP contribution in [0.3, 0.4) is 0 Å². The van der Waals surface area contributed by atoms with E-state index < -0.39 is 15.6 Å². The second-order valence-electron chi connectivity index (χ2n) is 7.32. The summed E-state index contributed by atoms with van der Waals surface area (Å²) >= 11 is 0. The van der Waals surface area contributed by atoms with Gasteiger partial charge in [0.1, 0.15) is 0 Å². The summed E-state index contributed by atoms with van der Waals surface area (Å²) in [6.07, 6.45) is 4.67. The van der Waals surface area contributed by atoms with Gasteiger partial charge in [-0.3, -0.25) is 4.99 Å². The Balaban J connectivity index is 4.58. The monoisotopic (exact) mass is 348 g/mol. The third-order valence-corrected chi connectivity index (χ3v) is 4.16. The minimum Gasteiger partial charge on any atom is -0.357 e. The van der Waals surface area contributed by atoms with Gasteiger partial charge in [0.15, 0.2) is 5.96 Å². The van der Waals surface area contributed by atoms with E-state index in [1.54, 1.807) is 0 Å². The Morgan fingerprint density at radius 3 is 2.26 bits per heavy atom. The van der Waals surface area contributed by atoms with Gasteiger partial charge in [-0.15, -0.1) is 0 Å². The van der Waals surface area contributed by atoms with E-state index in [-0.39, 0.29) is 0 Å². The van der Waals surface area contributed by atoms with E-state index in [0.717, 1.165) is 24.8 Å². The zero-order chi connectivity index (χ0) is 18.1. The van der Waals surface area contributed by atoms with Crippen LogP contribution in [0.2, 0.25) is 0 Å². The fourth-order valence-electron chi connectivity index (χ4n) is 2.27. The number of nitrogens with zero attached hydrogens (tertiary/aromatic N) is 1. The zero-order valence-corrected chi connectivity index (χ0v) is 16.7. The molecule has 0 aromatic rings. The maximum absolute atomic E-state index is 11.4. The first-order chi connectivity index (χ1) is 10.4. The Morgan fingerprint density at radius 1 is 1.17 bits per heavy atom. The van der Waals surface area contributed by atoms with Gasteiger partial charge in [0, 0.05) is 18.1 Å².